The van der Waals surface area contributed by atoms with Crippen LogP contribution in [0.3, 0.4) is 0 Å². The summed E-state index contributed by atoms with van der Waals surface area (Å²) in [6.07, 6.45) is 2.67. The van der Waals surface area contributed by atoms with Gasteiger partial charge in [-0.05, 0) is 12.8 Å². The van der Waals surface area contributed by atoms with Crippen molar-refractivity contribution < 1.29 is 17.6 Å². The van der Waals surface area contributed by atoms with E-state index in [0.29, 0.717) is 12.3 Å². The Labute approximate surface area is 93.8 Å². The summed E-state index contributed by atoms with van der Waals surface area (Å²) in [5.41, 5.74) is 0.262. The lowest BCUT2D eigenvalue weighted by molar-refractivity contribution is 0.101. The number of nitrogens with zero attached hydrogens (tertiary/aromatic N) is 1. The van der Waals surface area contributed by atoms with Crippen molar-refractivity contribution in [2.45, 2.75) is 25.7 Å². The van der Waals surface area contributed by atoms with Crippen molar-refractivity contribution in [3.63, 3.8) is 0 Å². The second-order valence-corrected chi connectivity index (χ2v) is 6.31. The summed E-state index contributed by atoms with van der Waals surface area (Å²) in [5, 5.41) is 0. The number of Topliss-reactive ketones (excluding diaryl/α,β-unsaturated/α-hetero) is 1. The van der Waals surface area contributed by atoms with Crippen LogP contribution in [-0.4, -0.2) is 30.7 Å². The van der Waals surface area contributed by atoms with Crippen LogP contribution in [0.15, 0.2) is 10.7 Å². The van der Waals surface area contributed by atoms with Crippen LogP contribution in [0.2, 0.25) is 0 Å². The SMILES string of the molecule is CC(=O)c1coc(C2CCCS(=O)(=O)C2)n1. The number of carbonyl (C=O) groups is 1. The molecule has 0 radical (unpaired) electrons. The van der Waals surface area contributed by atoms with E-state index < -0.39 is 9.84 Å². The molecular weight excluding hydrogens is 230 g/mol. The number of rotatable bonds is 2. The van der Waals surface area contributed by atoms with Gasteiger partial charge in [-0.25, -0.2) is 13.4 Å². The van der Waals surface area contributed by atoms with E-state index in [-0.39, 0.29) is 28.9 Å². The normalized spacial score (nSPS) is 24.2. The first-order chi connectivity index (χ1) is 7.48. The summed E-state index contributed by atoms with van der Waals surface area (Å²) in [7, 11) is -2.98. The topological polar surface area (TPSA) is 77.2 Å². The van der Waals surface area contributed by atoms with Crippen molar-refractivity contribution in [3.05, 3.63) is 17.8 Å². The molecule has 0 N–H and O–H groups in total. The van der Waals surface area contributed by atoms with Gasteiger partial charge in [0.25, 0.3) is 0 Å². The fourth-order valence-electron chi connectivity index (χ4n) is 1.85. The molecule has 2 heterocycles. The number of hydrogen-bond acceptors (Lipinski definition) is 5. The molecule has 1 unspecified atom stereocenters. The van der Waals surface area contributed by atoms with Crippen LogP contribution in [0.1, 0.15) is 42.1 Å². The van der Waals surface area contributed by atoms with Crippen molar-refractivity contribution >= 4 is 15.6 Å². The smallest absolute Gasteiger partial charge is 0.198 e. The lowest BCUT2D eigenvalue weighted by Gasteiger charge is -2.18. The van der Waals surface area contributed by atoms with E-state index in [1.807, 2.05) is 0 Å². The Morgan fingerprint density at radius 3 is 2.88 bits per heavy atom. The Morgan fingerprint density at radius 2 is 2.31 bits per heavy atom. The molecule has 1 aromatic heterocycles. The van der Waals surface area contributed by atoms with Gasteiger partial charge in [0, 0.05) is 12.8 Å². The van der Waals surface area contributed by atoms with Gasteiger partial charge < -0.3 is 4.42 Å². The number of aromatic nitrogens is 1. The van der Waals surface area contributed by atoms with E-state index in [1.165, 1.54) is 13.2 Å². The highest BCUT2D eigenvalue weighted by atomic mass is 32.2. The largest absolute Gasteiger partial charge is 0.448 e. The summed E-state index contributed by atoms with van der Waals surface area (Å²) in [5.74, 6) is 0.309. The maximum absolute atomic E-state index is 11.4. The monoisotopic (exact) mass is 243 g/mol. The van der Waals surface area contributed by atoms with Crippen LogP contribution in [0.25, 0.3) is 0 Å². The molecule has 0 aliphatic carbocycles. The van der Waals surface area contributed by atoms with E-state index in [0.717, 1.165) is 6.42 Å². The third-order valence-corrected chi connectivity index (χ3v) is 4.52. The Hall–Kier alpha value is -1.17. The van der Waals surface area contributed by atoms with Crippen molar-refractivity contribution in [2.24, 2.45) is 0 Å². The second-order valence-electron chi connectivity index (χ2n) is 4.08. The van der Waals surface area contributed by atoms with Gasteiger partial charge in [-0.1, -0.05) is 0 Å². The predicted molar refractivity (Wildman–Crippen MR) is 57.1 cm³/mol. The summed E-state index contributed by atoms with van der Waals surface area (Å²) in [6.45, 7) is 1.40. The zero-order valence-corrected chi connectivity index (χ0v) is 9.79. The Balaban J connectivity index is 2.20. The summed E-state index contributed by atoms with van der Waals surface area (Å²) >= 11 is 0. The van der Waals surface area contributed by atoms with Gasteiger partial charge in [-0.2, -0.15) is 0 Å². The molecule has 16 heavy (non-hydrogen) atoms. The van der Waals surface area contributed by atoms with Crippen molar-refractivity contribution in [1.29, 1.82) is 0 Å². The van der Waals surface area contributed by atoms with E-state index in [4.69, 9.17) is 4.42 Å². The summed E-state index contributed by atoms with van der Waals surface area (Å²) in [6, 6.07) is 0. The van der Waals surface area contributed by atoms with Crippen LogP contribution in [0.4, 0.5) is 0 Å². The average molecular weight is 243 g/mol. The van der Waals surface area contributed by atoms with Crippen LogP contribution >= 0.6 is 0 Å². The van der Waals surface area contributed by atoms with E-state index in [9.17, 15) is 13.2 Å². The lowest BCUT2D eigenvalue weighted by Crippen LogP contribution is -2.23. The fraction of sp³-hybridized carbons (Fsp3) is 0.600. The molecule has 0 aromatic carbocycles. The minimum Gasteiger partial charge on any atom is -0.448 e. The molecule has 1 aromatic rings. The molecule has 88 valence electrons. The summed E-state index contributed by atoms with van der Waals surface area (Å²) in [4.78, 5) is 15.0. The van der Waals surface area contributed by atoms with Gasteiger partial charge >= 0.3 is 0 Å². The molecule has 1 saturated heterocycles. The number of oxazole rings is 1. The molecule has 0 saturated carbocycles. The molecule has 2 rings (SSSR count). The highest BCUT2D eigenvalue weighted by Crippen LogP contribution is 2.27. The van der Waals surface area contributed by atoms with Gasteiger partial charge in [-0.3, -0.25) is 4.79 Å². The minimum atomic E-state index is -2.98. The third-order valence-electron chi connectivity index (χ3n) is 2.69. The highest BCUT2D eigenvalue weighted by molar-refractivity contribution is 7.91. The molecule has 1 aliphatic heterocycles. The molecule has 1 fully saturated rings. The standard InChI is InChI=1S/C10H13NO4S/c1-7(12)9-5-15-10(11-9)8-3-2-4-16(13,14)6-8/h5,8H,2-4,6H2,1H3. The van der Waals surface area contributed by atoms with Gasteiger partial charge in [0.1, 0.15) is 12.0 Å². The molecule has 5 nitrogen and oxygen atoms in total. The molecule has 6 heteroatoms. The number of ketones is 1. The first-order valence-electron chi connectivity index (χ1n) is 5.15. The van der Waals surface area contributed by atoms with Crippen LogP contribution in [-0.2, 0) is 9.84 Å². The molecule has 1 aliphatic rings. The first kappa shape index (κ1) is 11.3. The second kappa shape index (κ2) is 4.01. The maximum Gasteiger partial charge on any atom is 0.198 e. The zero-order chi connectivity index (χ0) is 11.8. The first-order valence-corrected chi connectivity index (χ1v) is 6.97. The molecule has 1 atom stereocenters. The number of carbonyl (C=O) groups excluding carboxylic acids is 1. The van der Waals surface area contributed by atoms with Gasteiger partial charge in [0.15, 0.2) is 21.5 Å². The average Bonchev–Trinajstić information content (AvgIpc) is 2.64. The van der Waals surface area contributed by atoms with Crippen molar-refractivity contribution in [2.75, 3.05) is 11.5 Å². The van der Waals surface area contributed by atoms with Crippen LogP contribution in [0.5, 0.6) is 0 Å². The predicted octanol–water partition coefficient (Wildman–Crippen LogP) is 1.17. The highest BCUT2D eigenvalue weighted by Gasteiger charge is 2.29. The maximum atomic E-state index is 11.4. The quantitative estimate of drug-likeness (QED) is 0.729. The van der Waals surface area contributed by atoms with Gasteiger partial charge in [0.05, 0.1) is 11.5 Å². The van der Waals surface area contributed by atoms with Crippen molar-refractivity contribution in [1.82, 2.24) is 4.98 Å². The lowest BCUT2D eigenvalue weighted by atomic mass is 10.1. The van der Waals surface area contributed by atoms with Crippen LogP contribution in [0, 0.1) is 0 Å². The van der Waals surface area contributed by atoms with Crippen molar-refractivity contribution in [3.8, 4) is 0 Å². The molecule has 0 spiro atoms. The number of hydrogen-bond donors (Lipinski definition) is 0. The molecular formula is C10H13NO4S. The minimum absolute atomic E-state index is 0.0743. The zero-order valence-electron chi connectivity index (χ0n) is 8.97. The molecule has 0 bridgehead atoms. The van der Waals surface area contributed by atoms with E-state index >= 15 is 0 Å². The Morgan fingerprint density at radius 1 is 1.56 bits per heavy atom. The van der Waals surface area contributed by atoms with Crippen LogP contribution < -0.4 is 0 Å². The Bertz CT molecular complexity index is 503. The third kappa shape index (κ3) is 2.32. The Kier molecular flexibility index (Phi) is 2.84. The van der Waals surface area contributed by atoms with Gasteiger partial charge in [0.2, 0.25) is 0 Å². The van der Waals surface area contributed by atoms with Gasteiger partial charge in [-0.15, -0.1) is 0 Å². The number of sulfone groups is 1. The fourth-order valence-corrected chi connectivity index (χ4v) is 3.55. The van der Waals surface area contributed by atoms with E-state index in [1.54, 1.807) is 0 Å². The molecule has 0 amide bonds. The summed E-state index contributed by atoms with van der Waals surface area (Å²) < 4.78 is 28.0. The van der Waals surface area contributed by atoms with E-state index in [2.05, 4.69) is 4.98 Å².